The molecule has 0 aliphatic heterocycles. The first kappa shape index (κ1) is 28.6. The van der Waals surface area contributed by atoms with Crippen LogP contribution in [-0.2, 0) is 11.2 Å². The van der Waals surface area contributed by atoms with Crippen molar-refractivity contribution in [2.75, 3.05) is 50.6 Å². The lowest BCUT2D eigenvalue weighted by Gasteiger charge is -2.19. The summed E-state index contributed by atoms with van der Waals surface area (Å²) >= 11 is 0. The Morgan fingerprint density at radius 2 is 1.88 bits per heavy atom. The van der Waals surface area contributed by atoms with E-state index in [1.165, 1.54) is 6.33 Å². The molecule has 13 heteroatoms. The third-order valence-electron chi connectivity index (χ3n) is 6.04. The molecule has 11 nitrogen and oxygen atoms in total. The molecule has 0 saturated heterocycles. The fourth-order valence-electron chi connectivity index (χ4n) is 4.12. The van der Waals surface area contributed by atoms with E-state index in [9.17, 15) is 13.6 Å². The Morgan fingerprint density at radius 1 is 1.07 bits per heavy atom. The second kappa shape index (κ2) is 13.6. The van der Waals surface area contributed by atoms with Crippen LogP contribution in [0.4, 0.5) is 26.1 Å². The van der Waals surface area contributed by atoms with Crippen molar-refractivity contribution in [3.63, 3.8) is 0 Å². The number of ether oxygens (including phenoxy) is 2. The van der Waals surface area contributed by atoms with E-state index < -0.39 is 17.5 Å². The number of likely N-dealkylation sites (N-methyl/N-ethyl adjacent to an activating group) is 1. The maximum absolute atomic E-state index is 13.4. The molecular formula is C27H31F2N7O4. The maximum atomic E-state index is 13.4. The van der Waals surface area contributed by atoms with Crippen molar-refractivity contribution in [3.05, 3.63) is 60.1 Å². The number of methoxy groups -OCH3 is 1. The molecular weight excluding hydrogens is 524 g/mol. The molecule has 40 heavy (non-hydrogen) atoms. The molecule has 1 amide bonds. The van der Waals surface area contributed by atoms with E-state index >= 15 is 0 Å². The molecule has 4 N–H and O–H groups in total. The number of carbonyl (C=O) groups excluding carboxylic acids is 1. The van der Waals surface area contributed by atoms with Gasteiger partial charge in [0.15, 0.2) is 17.3 Å². The summed E-state index contributed by atoms with van der Waals surface area (Å²) in [7, 11) is 1.55. The van der Waals surface area contributed by atoms with Crippen LogP contribution in [0.2, 0.25) is 0 Å². The van der Waals surface area contributed by atoms with Crippen LogP contribution in [0.25, 0.3) is 10.9 Å². The molecule has 0 aliphatic rings. The standard InChI is InChI=1S/C27H31F2N7O4/c1-3-36(6-7-37)5-4-8-40-24-15-22-21(14-23(24)39-2)27(31-16-30-22)33-25-12-20(34-35-25)13-26(38)32-19-10-17(28)9-18(29)11-19/h9-12,14-16,37H,3-8,13H2,1-2H3,(H,32,38)(H2,30,31,33,34,35). The third-order valence-corrected chi connectivity index (χ3v) is 6.04. The van der Waals surface area contributed by atoms with Gasteiger partial charge in [0.1, 0.15) is 23.8 Å². The van der Waals surface area contributed by atoms with Gasteiger partial charge in [-0.2, -0.15) is 5.10 Å². The molecule has 0 unspecified atom stereocenters. The summed E-state index contributed by atoms with van der Waals surface area (Å²) in [6.45, 7) is 4.93. The Bertz CT molecular complexity index is 1430. The zero-order chi connectivity index (χ0) is 28.5. The van der Waals surface area contributed by atoms with E-state index in [2.05, 4.69) is 35.7 Å². The lowest BCUT2D eigenvalue weighted by atomic mass is 10.2. The van der Waals surface area contributed by atoms with Gasteiger partial charge < -0.3 is 30.1 Å². The summed E-state index contributed by atoms with van der Waals surface area (Å²) in [5.41, 5.74) is 1.13. The topological polar surface area (TPSA) is 138 Å². The summed E-state index contributed by atoms with van der Waals surface area (Å²) in [6, 6.07) is 7.98. The highest BCUT2D eigenvalue weighted by molar-refractivity contribution is 5.93. The smallest absolute Gasteiger partial charge is 0.230 e. The second-order valence-corrected chi connectivity index (χ2v) is 8.89. The Labute approximate surface area is 229 Å². The van der Waals surface area contributed by atoms with Crippen molar-refractivity contribution in [1.29, 1.82) is 0 Å². The second-order valence-electron chi connectivity index (χ2n) is 8.89. The molecule has 0 spiro atoms. The number of nitrogens with zero attached hydrogens (tertiary/aromatic N) is 4. The van der Waals surface area contributed by atoms with Crippen molar-refractivity contribution < 1.29 is 28.2 Å². The van der Waals surface area contributed by atoms with Crippen molar-refractivity contribution in [2.45, 2.75) is 19.8 Å². The number of nitrogens with one attached hydrogen (secondary N) is 3. The fourth-order valence-corrected chi connectivity index (χ4v) is 4.12. The van der Waals surface area contributed by atoms with Crippen LogP contribution in [0, 0.1) is 11.6 Å². The van der Waals surface area contributed by atoms with Crippen LogP contribution in [0.5, 0.6) is 11.5 Å². The first-order valence-electron chi connectivity index (χ1n) is 12.7. The zero-order valence-corrected chi connectivity index (χ0v) is 22.2. The summed E-state index contributed by atoms with van der Waals surface area (Å²) in [6.07, 6.45) is 2.10. The fraction of sp³-hybridized carbons (Fsp3) is 0.333. The summed E-state index contributed by atoms with van der Waals surface area (Å²) in [5, 5.41) is 22.3. The molecule has 2 heterocycles. The van der Waals surface area contributed by atoms with Gasteiger partial charge in [-0.1, -0.05) is 6.92 Å². The molecule has 0 aliphatic carbocycles. The summed E-state index contributed by atoms with van der Waals surface area (Å²) < 4.78 is 38.3. The first-order chi connectivity index (χ1) is 19.4. The highest BCUT2D eigenvalue weighted by atomic mass is 19.1. The van der Waals surface area contributed by atoms with Crippen molar-refractivity contribution in [1.82, 2.24) is 25.1 Å². The lowest BCUT2D eigenvalue weighted by molar-refractivity contribution is -0.115. The molecule has 0 bridgehead atoms. The monoisotopic (exact) mass is 555 g/mol. The van der Waals surface area contributed by atoms with Gasteiger partial charge >= 0.3 is 0 Å². The van der Waals surface area contributed by atoms with Gasteiger partial charge in [0.2, 0.25) is 5.91 Å². The van der Waals surface area contributed by atoms with Crippen molar-refractivity contribution in [3.8, 4) is 11.5 Å². The quantitative estimate of drug-likeness (QED) is 0.172. The average molecular weight is 556 g/mol. The Kier molecular flexibility index (Phi) is 9.76. The van der Waals surface area contributed by atoms with E-state index in [4.69, 9.17) is 14.6 Å². The van der Waals surface area contributed by atoms with Gasteiger partial charge in [-0.15, -0.1) is 0 Å². The Hall–Kier alpha value is -4.36. The van der Waals surface area contributed by atoms with Crippen LogP contribution in [0.15, 0.2) is 42.7 Å². The predicted molar refractivity (Wildman–Crippen MR) is 146 cm³/mol. The number of H-pyrrole nitrogens is 1. The van der Waals surface area contributed by atoms with Gasteiger partial charge in [-0.25, -0.2) is 18.7 Å². The number of amides is 1. The number of hydrogen-bond donors (Lipinski definition) is 4. The van der Waals surface area contributed by atoms with Gasteiger partial charge in [-0.05, 0) is 31.2 Å². The number of aliphatic hydroxyl groups is 1. The molecule has 0 atom stereocenters. The molecule has 212 valence electrons. The molecule has 4 aromatic rings. The van der Waals surface area contributed by atoms with Crippen LogP contribution >= 0.6 is 0 Å². The van der Waals surface area contributed by atoms with Gasteiger partial charge in [0, 0.05) is 48.1 Å². The molecule has 0 fully saturated rings. The number of hydrogen-bond acceptors (Lipinski definition) is 9. The van der Waals surface area contributed by atoms with E-state index in [-0.39, 0.29) is 18.7 Å². The lowest BCUT2D eigenvalue weighted by Crippen LogP contribution is -2.28. The Balaban J connectivity index is 1.41. The van der Waals surface area contributed by atoms with Crippen molar-refractivity contribution >= 4 is 34.1 Å². The van der Waals surface area contributed by atoms with E-state index in [0.29, 0.717) is 52.9 Å². The largest absolute Gasteiger partial charge is 0.493 e. The van der Waals surface area contributed by atoms with Crippen molar-refractivity contribution in [2.24, 2.45) is 0 Å². The van der Waals surface area contributed by atoms with Gasteiger partial charge in [0.25, 0.3) is 0 Å². The molecule has 0 radical (unpaired) electrons. The summed E-state index contributed by atoms with van der Waals surface area (Å²) in [5.74, 6) is -0.0999. The number of halogens is 2. The van der Waals surface area contributed by atoms with Gasteiger partial charge in [0.05, 0.1) is 32.3 Å². The predicted octanol–water partition coefficient (Wildman–Crippen LogP) is 3.65. The number of anilines is 3. The summed E-state index contributed by atoms with van der Waals surface area (Å²) in [4.78, 5) is 23.2. The van der Waals surface area contributed by atoms with Gasteiger partial charge in [-0.3, -0.25) is 9.89 Å². The maximum Gasteiger partial charge on any atom is 0.230 e. The van der Waals surface area contributed by atoms with E-state index in [1.54, 1.807) is 25.3 Å². The van der Waals surface area contributed by atoms with Crippen LogP contribution in [0.1, 0.15) is 19.0 Å². The molecule has 4 rings (SSSR count). The van der Waals surface area contributed by atoms with E-state index in [1.807, 2.05) is 6.92 Å². The molecule has 2 aromatic carbocycles. The number of aromatic nitrogens is 4. The minimum Gasteiger partial charge on any atom is -0.493 e. The zero-order valence-electron chi connectivity index (χ0n) is 22.2. The van der Waals surface area contributed by atoms with Crippen LogP contribution in [0.3, 0.4) is 0 Å². The third kappa shape index (κ3) is 7.61. The van der Waals surface area contributed by atoms with Crippen LogP contribution in [-0.4, -0.2) is 76.0 Å². The van der Waals surface area contributed by atoms with Crippen LogP contribution < -0.4 is 20.1 Å². The average Bonchev–Trinajstić information content (AvgIpc) is 3.35. The number of aromatic amines is 1. The van der Waals surface area contributed by atoms with E-state index in [0.717, 1.165) is 37.7 Å². The number of aliphatic hydroxyl groups excluding tert-OH is 1. The molecule has 0 saturated carbocycles. The number of carbonyl (C=O) groups is 1. The highest BCUT2D eigenvalue weighted by Crippen LogP contribution is 2.34. The highest BCUT2D eigenvalue weighted by Gasteiger charge is 2.14. The Morgan fingerprint density at radius 3 is 2.60 bits per heavy atom. The number of rotatable bonds is 14. The normalized spacial score (nSPS) is 11.2. The number of fused-ring (bicyclic) bond motifs is 1. The SMILES string of the molecule is CCN(CCO)CCCOc1cc2ncnc(Nc3cc(CC(=O)Nc4cc(F)cc(F)c4)[nH]n3)c2cc1OC. The first-order valence-corrected chi connectivity index (χ1v) is 12.7. The minimum absolute atomic E-state index is 0.0229. The minimum atomic E-state index is -0.784. The molecule has 2 aromatic heterocycles. The number of benzene rings is 2.